The van der Waals surface area contributed by atoms with Crippen LogP contribution >= 0.6 is 46.4 Å². The van der Waals surface area contributed by atoms with Crippen molar-refractivity contribution in [3.63, 3.8) is 0 Å². The lowest BCUT2D eigenvalue weighted by Gasteiger charge is -2.06. The van der Waals surface area contributed by atoms with Gasteiger partial charge in [-0.05, 0) is 42.5 Å². The monoisotopic (exact) mass is 368 g/mol. The van der Waals surface area contributed by atoms with Crippen molar-refractivity contribution in [1.29, 1.82) is 0 Å². The highest BCUT2D eigenvalue weighted by Crippen LogP contribution is 2.30. The van der Waals surface area contributed by atoms with E-state index < -0.39 is 0 Å². The fraction of sp³-hybridized carbons (Fsp3) is 0. The smallest absolute Gasteiger partial charge is 0.140 e. The van der Waals surface area contributed by atoms with Gasteiger partial charge in [0.05, 0.1) is 16.2 Å². The molecule has 0 aliphatic heterocycles. The number of rotatable bonds is 2. The van der Waals surface area contributed by atoms with E-state index in [4.69, 9.17) is 46.4 Å². The Morgan fingerprint density at radius 1 is 0.909 bits per heavy atom. The molecule has 0 bridgehead atoms. The molecule has 6 heteroatoms. The van der Waals surface area contributed by atoms with Crippen molar-refractivity contribution in [3.8, 4) is 0 Å². The van der Waals surface area contributed by atoms with E-state index in [1.807, 2.05) is 0 Å². The van der Waals surface area contributed by atoms with Crippen LogP contribution in [0.3, 0.4) is 0 Å². The molecule has 0 unspecified atom stereocenters. The first-order chi connectivity index (χ1) is 10.5. The van der Waals surface area contributed by atoms with E-state index in [1.54, 1.807) is 48.7 Å². The van der Waals surface area contributed by atoms with Gasteiger partial charge in [0.1, 0.15) is 5.17 Å². The number of hydrogen-bond acceptors (Lipinski definition) is 2. The molecule has 0 fully saturated rings. The van der Waals surface area contributed by atoms with Crippen molar-refractivity contribution in [2.45, 2.75) is 0 Å². The van der Waals surface area contributed by atoms with Crippen LogP contribution in [0.1, 0.15) is 5.56 Å². The number of fused-ring (bicyclic) bond motifs is 1. The fourth-order valence-electron chi connectivity index (χ4n) is 1.97. The maximum Gasteiger partial charge on any atom is 0.140 e. The van der Waals surface area contributed by atoms with Gasteiger partial charge in [-0.3, -0.25) is 4.98 Å². The Morgan fingerprint density at radius 2 is 1.59 bits per heavy atom. The van der Waals surface area contributed by atoms with Gasteiger partial charge in [-0.25, -0.2) is 4.99 Å². The average Bonchev–Trinajstić information content (AvgIpc) is 2.50. The molecular weight excluding hydrogens is 362 g/mol. The van der Waals surface area contributed by atoms with Crippen LogP contribution in [0, 0.1) is 0 Å². The van der Waals surface area contributed by atoms with Crippen molar-refractivity contribution < 1.29 is 0 Å². The molecule has 2 nitrogen and oxygen atoms in total. The lowest BCUT2D eigenvalue weighted by molar-refractivity contribution is 1.39. The molecular formula is C16H8Cl4N2. The summed E-state index contributed by atoms with van der Waals surface area (Å²) in [6.07, 6.45) is 1.60. The van der Waals surface area contributed by atoms with Gasteiger partial charge in [0.25, 0.3) is 0 Å². The molecule has 0 atom stereocenters. The molecule has 0 aliphatic rings. The second-order valence-corrected chi connectivity index (χ2v) is 6.14. The number of halogens is 4. The second-order valence-electron chi connectivity index (χ2n) is 4.53. The third-order valence-corrected chi connectivity index (χ3v) is 4.22. The molecule has 2 aromatic carbocycles. The number of nitrogens with zero attached hydrogens (tertiary/aromatic N) is 2. The van der Waals surface area contributed by atoms with Crippen molar-refractivity contribution in [2.75, 3.05) is 0 Å². The zero-order valence-corrected chi connectivity index (χ0v) is 14.0. The van der Waals surface area contributed by atoms with Crippen LogP contribution < -0.4 is 0 Å². The van der Waals surface area contributed by atoms with Crippen molar-refractivity contribution in [1.82, 2.24) is 4.98 Å². The first-order valence-corrected chi connectivity index (χ1v) is 7.79. The van der Waals surface area contributed by atoms with Gasteiger partial charge < -0.3 is 0 Å². The molecule has 0 N–H and O–H groups in total. The molecule has 1 aromatic heterocycles. The van der Waals surface area contributed by atoms with Gasteiger partial charge in [-0.15, -0.1) is 0 Å². The summed E-state index contributed by atoms with van der Waals surface area (Å²) < 4.78 is 0. The summed E-state index contributed by atoms with van der Waals surface area (Å²) in [5, 5.41) is 2.67. The number of aromatic nitrogens is 1. The van der Waals surface area contributed by atoms with Gasteiger partial charge >= 0.3 is 0 Å². The summed E-state index contributed by atoms with van der Waals surface area (Å²) >= 11 is 24.6. The number of hydrogen-bond donors (Lipinski definition) is 0. The van der Waals surface area contributed by atoms with Gasteiger partial charge in [-0.1, -0.05) is 46.4 Å². The predicted octanol–water partition coefficient (Wildman–Crippen LogP) is 6.51. The van der Waals surface area contributed by atoms with Crippen molar-refractivity contribution in [3.05, 3.63) is 69.3 Å². The van der Waals surface area contributed by atoms with Crippen LogP contribution in [0.15, 0.2) is 53.7 Å². The summed E-state index contributed by atoms with van der Waals surface area (Å²) in [6, 6.07) is 12.3. The van der Waals surface area contributed by atoms with Crippen LogP contribution in [-0.2, 0) is 0 Å². The first-order valence-electron chi connectivity index (χ1n) is 6.28. The van der Waals surface area contributed by atoms with Crippen LogP contribution in [0.4, 0.5) is 5.69 Å². The highest BCUT2D eigenvalue weighted by atomic mass is 35.5. The molecule has 0 saturated heterocycles. The summed E-state index contributed by atoms with van der Waals surface area (Å²) in [7, 11) is 0. The molecule has 0 saturated carbocycles. The minimum atomic E-state index is 0.252. The zero-order valence-electron chi connectivity index (χ0n) is 11.0. The normalized spacial score (nSPS) is 11.9. The van der Waals surface area contributed by atoms with E-state index in [9.17, 15) is 0 Å². The summed E-state index contributed by atoms with van der Waals surface area (Å²) in [5.41, 5.74) is 1.97. The van der Waals surface area contributed by atoms with Crippen LogP contribution in [0.2, 0.25) is 15.1 Å². The maximum absolute atomic E-state index is 6.41. The Kier molecular flexibility index (Phi) is 4.55. The Labute approximate surface area is 147 Å². The lowest BCUT2D eigenvalue weighted by Crippen LogP contribution is -1.95. The van der Waals surface area contributed by atoms with E-state index in [0.717, 1.165) is 10.9 Å². The zero-order chi connectivity index (χ0) is 15.7. The molecule has 110 valence electrons. The lowest BCUT2D eigenvalue weighted by atomic mass is 10.1. The average molecular weight is 370 g/mol. The Hall–Kier alpha value is -1.32. The molecule has 3 aromatic rings. The van der Waals surface area contributed by atoms with Crippen LogP contribution in [-0.4, -0.2) is 10.2 Å². The fourth-order valence-corrected chi connectivity index (χ4v) is 2.84. The highest BCUT2D eigenvalue weighted by Gasteiger charge is 2.11. The third-order valence-electron chi connectivity index (χ3n) is 3.04. The Bertz CT molecular complexity index is 873. The molecule has 1 heterocycles. The van der Waals surface area contributed by atoms with E-state index in [2.05, 4.69) is 9.98 Å². The Morgan fingerprint density at radius 3 is 2.32 bits per heavy atom. The molecule has 22 heavy (non-hydrogen) atoms. The first kappa shape index (κ1) is 15.6. The van der Waals surface area contributed by atoms with E-state index in [1.165, 1.54) is 0 Å². The summed E-state index contributed by atoms with van der Waals surface area (Å²) in [4.78, 5) is 8.66. The van der Waals surface area contributed by atoms with E-state index >= 15 is 0 Å². The minimum Gasteiger partial charge on any atom is -0.255 e. The second kappa shape index (κ2) is 6.43. The topological polar surface area (TPSA) is 25.2 Å². The van der Waals surface area contributed by atoms with Gasteiger partial charge in [0.2, 0.25) is 0 Å². The van der Waals surface area contributed by atoms with E-state index in [0.29, 0.717) is 26.3 Å². The molecule has 0 radical (unpaired) electrons. The standard InChI is InChI=1S/C16H8Cl4N2/c17-9-1-4-11(5-2-9)22-16(20)13-8-21-14-6-3-10(18)7-12(14)15(13)19/h1-8H. The molecule has 0 amide bonds. The van der Waals surface area contributed by atoms with Crippen LogP contribution in [0.25, 0.3) is 10.9 Å². The number of benzene rings is 2. The Balaban J connectivity index is 2.09. The predicted molar refractivity (Wildman–Crippen MR) is 95.3 cm³/mol. The summed E-state index contributed by atoms with van der Waals surface area (Å²) in [6.45, 7) is 0. The quantitative estimate of drug-likeness (QED) is 0.472. The highest BCUT2D eigenvalue weighted by molar-refractivity contribution is 6.71. The molecule has 3 rings (SSSR count). The number of aliphatic imine (C=N–C) groups is 1. The number of pyridine rings is 1. The SMILES string of the molecule is ClC(=Nc1ccc(Cl)cc1)c1cnc2ccc(Cl)cc2c1Cl. The van der Waals surface area contributed by atoms with Crippen LogP contribution in [0.5, 0.6) is 0 Å². The largest absolute Gasteiger partial charge is 0.255 e. The van der Waals surface area contributed by atoms with Gasteiger partial charge in [0.15, 0.2) is 0 Å². The van der Waals surface area contributed by atoms with E-state index in [-0.39, 0.29) is 5.17 Å². The third kappa shape index (κ3) is 3.21. The molecule has 0 aliphatic carbocycles. The minimum absolute atomic E-state index is 0.252. The van der Waals surface area contributed by atoms with Crippen molar-refractivity contribution in [2.24, 2.45) is 4.99 Å². The maximum atomic E-state index is 6.41. The van der Waals surface area contributed by atoms with Gasteiger partial charge in [-0.2, -0.15) is 0 Å². The van der Waals surface area contributed by atoms with Crippen molar-refractivity contribution >= 4 is 68.2 Å². The summed E-state index contributed by atoms with van der Waals surface area (Å²) in [5.74, 6) is 0. The van der Waals surface area contributed by atoms with Gasteiger partial charge in [0, 0.05) is 27.2 Å². The molecule has 0 spiro atoms.